The van der Waals surface area contributed by atoms with E-state index in [2.05, 4.69) is 20.7 Å². The fourth-order valence-corrected chi connectivity index (χ4v) is 3.24. The number of hydrogen-bond donors (Lipinski definition) is 3. The van der Waals surface area contributed by atoms with Crippen LogP contribution in [0.25, 0.3) is 0 Å². The van der Waals surface area contributed by atoms with E-state index in [9.17, 15) is 5.11 Å². The topological polar surface area (TPSA) is 74.5 Å². The second kappa shape index (κ2) is 11.7. The van der Waals surface area contributed by atoms with Gasteiger partial charge in [0.2, 0.25) is 0 Å². The predicted molar refractivity (Wildman–Crippen MR) is 132 cm³/mol. The molecule has 0 aliphatic heterocycles. The van der Waals surface area contributed by atoms with E-state index in [0.717, 1.165) is 23.4 Å². The first kappa shape index (κ1) is 23.9. The van der Waals surface area contributed by atoms with Gasteiger partial charge in [-0.15, -0.1) is 24.0 Å². The molecule has 1 aromatic heterocycles. The Morgan fingerprint density at radius 1 is 1.03 bits per heavy atom. The summed E-state index contributed by atoms with van der Waals surface area (Å²) in [6.07, 6.45) is 2.27. The fraction of sp³-hybridized carbons (Fsp3) is 0.304. The Labute approximate surface area is 195 Å². The van der Waals surface area contributed by atoms with E-state index in [1.807, 2.05) is 85.4 Å². The van der Waals surface area contributed by atoms with Crippen LogP contribution in [0.1, 0.15) is 23.7 Å². The molecule has 3 aromatic rings. The fourth-order valence-electron chi connectivity index (χ4n) is 3.24. The van der Waals surface area contributed by atoms with Crippen molar-refractivity contribution in [2.45, 2.75) is 25.5 Å². The van der Waals surface area contributed by atoms with Crippen LogP contribution in [-0.2, 0) is 25.6 Å². The minimum Gasteiger partial charge on any atom is -0.383 e. The van der Waals surface area contributed by atoms with Gasteiger partial charge in [-0.05, 0) is 24.1 Å². The Morgan fingerprint density at radius 3 is 2.30 bits per heavy atom. The number of aliphatic imine (C=N–C) groups is 1. The summed E-state index contributed by atoms with van der Waals surface area (Å²) in [6, 6.07) is 21.8. The summed E-state index contributed by atoms with van der Waals surface area (Å²) in [7, 11) is 1.90. The summed E-state index contributed by atoms with van der Waals surface area (Å²) in [5.41, 5.74) is 1.91. The highest BCUT2D eigenvalue weighted by Crippen LogP contribution is 2.25. The van der Waals surface area contributed by atoms with Crippen LogP contribution in [0, 0.1) is 0 Å². The number of hydrogen-bond acceptors (Lipinski definition) is 3. The number of aryl methyl sites for hydroxylation is 1. The lowest BCUT2D eigenvalue weighted by atomic mass is 9.87. The van der Waals surface area contributed by atoms with Crippen molar-refractivity contribution in [3.63, 3.8) is 0 Å². The third kappa shape index (κ3) is 6.56. The molecule has 0 saturated carbocycles. The lowest BCUT2D eigenvalue weighted by molar-refractivity contribution is 0.0414. The number of aromatic nitrogens is 2. The van der Waals surface area contributed by atoms with Crippen LogP contribution in [0.5, 0.6) is 0 Å². The van der Waals surface area contributed by atoms with E-state index < -0.39 is 5.60 Å². The van der Waals surface area contributed by atoms with Crippen LogP contribution in [-0.4, -0.2) is 33.9 Å². The maximum absolute atomic E-state index is 11.6. The van der Waals surface area contributed by atoms with Crippen LogP contribution in [0.15, 0.2) is 77.9 Å². The number of guanidine groups is 1. The van der Waals surface area contributed by atoms with Crippen LogP contribution >= 0.6 is 24.0 Å². The molecule has 0 aliphatic carbocycles. The molecule has 0 bridgehead atoms. The van der Waals surface area contributed by atoms with Crippen molar-refractivity contribution in [3.8, 4) is 0 Å². The van der Waals surface area contributed by atoms with E-state index >= 15 is 0 Å². The molecule has 6 nitrogen and oxygen atoms in total. The van der Waals surface area contributed by atoms with Gasteiger partial charge in [0.25, 0.3) is 0 Å². The van der Waals surface area contributed by atoms with Crippen LogP contribution < -0.4 is 10.6 Å². The summed E-state index contributed by atoms with van der Waals surface area (Å²) in [4.78, 5) is 4.64. The molecule has 0 spiro atoms. The average Bonchev–Trinajstić information content (AvgIpc) is 3.16. The third-order valence-electron chi connectivity index (χ3n) is 4.86. The first-order valence-corrected chi connectivity index (χ1v) is 9.91. The van der Waals surface area contributed by atoms with Gasteiger partial charge in [-0.2, -0.15) is 5.10 Å². The van der Waals surface area contributed by atoms with Gasteiger partial charge in [0.05, 0.1) is 18.8 Å². The third-order valence-corrected chi connectivity index (χ3v) is 4.86. The highest BCUT2D eigenvalue weighted by atomic mass is 127. The van der Waals surface area contributed by atoms with E-state index in [0.29, 0.717) is 25.5 Å². The lowest BCUT2D eigenvalue weighted by Crippen LogP contribution is -2.46. The van der Waals surface area contributed by atoms with Gasteiger partial charge in [-0.1, -0.05) is 60.7 Å². The maximum atomic E-state index is 11.6. The van der Waals surface area contributed by atoms with E-state index in [1.165, 1.54) is 0 Å². The van der Waals surface area contributed by atoms with E-state index in [1.54, 1.807) is 6.20 Å². The van der Waals surface area contributed by atoms with Gasteiger partial charge in [0.15, 0.2) is 5.96 Å². The zero-order valence-electron chi connectivity index (χ0n) is 17.5. The molecule has 0 fully saturated rings. The quantitative estimate of drug-likeness (QED) is 0.243. The standard InChI is InChI=1S/C23H29N5O.HI/c1-3-24-22(25-17-21-14-15-27-28(21)2)26-18-23(29,20-12-8-5-9-13-20)16-19-10-6-4-7-11-19;/h4-15,29H,3,16-18H2,1-2H3,(H2,24,25,26);1H. The Hall–Kier alpha value is -2.39. The predicted octanol–water partition coefficient (Wildman–Crippen LogP) is 3.22. The maximum Gasteiger partial charge on any atom is 0.191 e. The van der Waals surface area contributed by atoms with Crippen molar-refractivity contribution < 1.29 is 5.11 Å². The number of nitrogens with one attached hydrogen (secondary N) is 2. The highest BCUT2D eigenvalue weighted by Gasteiger charge is 2.29. The number of nitrogens with zero attached hydrogens (tertiary/aromatic N) is 3. The summed E-state index contributed by atoms with van der Waals surface area (Å²) in [5, 5.41) is 22.3. The van der Waals surface area contributed by atoms with Crippen molar-refractivity contribution >= 4 is 29.9 Å². The Morgan fingerprint density at radius 2 is 1.70 bits per heavy atom. The molecule has 0 radical (unpaired) electrons. The van der Waals surface area contributed by atoms with Gasteiger partial charge in [-0.3, -0.25) is 4.68 Å². The molecule has 1 atom stereocenters. The molecular weight excluding hydrogens is 489 g/mol. The monoisotopic (exact) mass is 519 g/mol. The van der Waals surface area contributed by atoms with Gasteiger partial charge in [0, 0.05) is 26.2 Å². The molecule has 3 N–H and O–H groups in total. The first-order chi connectivity index (χ1) is 14.1. The van der Waals surface area contributed by atoms with Crippen LogP contribution in [0.3, 0.4) is 0 Å². The van der Waals surface area contributed by atoms with Crippen molar-refractivity contribution in [1.82, 2.24) is 20.4 Å². The molecule has 160 valence electrons. The first-order valence-electron chi connectivity index (χ1n) is 9.91. The Balaban J connectivity index is 0.00000320. The number of rotatable bonds is 8. The molecular formula is C23H30IN5O. The summed E-state index contributed by atoms with van der Waals surface area (Å²) in [6.45, 7) is 3.60. The van der Waals surface area contributed by atoms with E-state index in [4.69, 9.17) is 0 Å². The average molecular weight is 519 g/mol. The number of benzene rings is 2. The van der Waals surface area contributed by atoms with Crippen LogP contribution in [0.2, 0.25) is 0 Å². The Bertz CT molecular complexity index is 914. The molecule has 2 aromatic carbocycles. The number of aliphatic hydroxyl groups is 1. The molecule has 0 saturated heterocycles. The van der Waals surface area contributed by atoms with Crippen LogP contribution in [0.4, 0.5) is 0 Å². The van der Waals surface area contributed by atoms with Crippen molar-refractivity contribution in [1.29, 1.82) is 0 Å². The van der Waals surface area contributed by atoms with Gasteiger partial charge in [-0.25, -0.2) is 4.99 Å². The number of halogens is 1. The molecule has 3 rings (SSSR count). The lowest BCUT2D eigenvalue weighted by Gasteiger charge is -2.30. The normalized spacial score (nSPS) is 13.2. The molecule has 30 heavy (non-hydrogen) atoms. The Kier molecular flexibility index (Phi) is 9.32. The second-order valence-electron chi connectivity index (χ2n) is 7.05. The zero-order valence-corrected chi connectivity index (χ0v) is 19.8. The molecule has 1 unspecified atom stereocenters. The smallest absolute Gasteiger partial charge is 0.191 e. The molecule has 0 aliphatic rings. The zero-order chi connectivity index (χ0) is 20.5. The van der Waals surface area contributed by atoms with Gasteiger partial charge >= 0.3 is 0 Å². The SMILES string of the molecule is CCNC(=NCc1ccnn1C)NCC(O)(Cc1ccccc1)c1ccccc1.I. The summed E-state index contributed by atoms with van der Waals surface area (Å²) >= 11 is 0. The van der Waals surface area contributed by atoms with Gasteiger partial charge < -0.3 is 15.7 Å². The van der Waals surface area contributed by atoms with Crippen molar-refractivity contribution in [3.05, 3.63) is 89.7 Å². The minimum atomic E-state index is -1.06. The molecule has 1 heterocycles. The van der Waals surface area contributed by atoms with Gasteiger partial charge in [0.1, 0.15) is 5.60 Å². The minimum absolute atomic E-state index is 0. The molecule has 7 heteroatoms. The summed E-state index contributed by atoms with van der Waals surface area (Å²) in [5.74, 6) is 0.663. The van der Waals surface area contributed by atoms with Crippen molar-refractivity contribution in [2.75, 3.05) is 13.1 Å². The second-order valence-corrected chi connectivity index (χ2v) is 7.05. The summed E-state index contributed by atoms with van der Waals surface area (Å²) < 4.78 is 1.81. The van der Waals surface area contributed by atoms with Crippen molar-refractivity contribution in [2.24, 2.45) is 12.0 Å². The molecule has 0 amide bonds. The highest BCUT2D eigenvalue weighted by molar-refractivity contribution is 14.0. The largest absolute Gasteiger partial charge is 0.383 e. The van der Waals surface area contributed by atoms with E-state index in [-0.39, 0.29) is 24.0 Å².